The highest BCUT2D eigenvalue weighted by Gasteiger charge is 2.30. The first-order chi connectivity index (χ1) is 12.5. The third-order valence-electron chi connectivity index (χ3n) is 4.99. The molecule has 1 aliphatic rings. The Morgan fingerprint density at radius 2 is 2.00 bits per heavy atom. The summed E-state index contributed by atoms with van der Waals surface area (Å²) in [7, 11) is 1.80. The zero-order valence-electron chi connectivity index (χ0n) is 14.9. The van der Waals surface area contributed by atoms with E-state index in [0.717, 1.165) is 30.8 Å². The molecule has 26 heavy (non-hydrogen) atoms. The molecular weight excluding hydrogens is 355 g/mol. The summed E-state index contributed by atoms with van der Waals surface area (Å²) in [5.41, 5.74) is 0.915. The summed E-state index contributed by atoms with van der Waals surface area (Å²) in [6.45, 7) is 3.41. The van der Waals surface area contributed by atoms with Gasteiger partial charge in [-0.1, -0.05) is 23.7 Å². The van der Waals surface area contributed by atoms with Crippen LogP contribution in [-0.4, -0.2) is 41.1 Å². The summed E-state index contributed by atoms with van der Waals surface area (Å²) in [5.74, 6) is 0.450. The Morgan fingerprint density at radius 1 is 1.27 bits per heavy atom. The van der Waals surface area contributed by atoms with Gasteiger partial charge in [-0.05, 0) is 49.6 Å². The Labute approximate surface area is 157 Å². The fourth-order valence-electron chi connectivity index (χ4n) is 3.31. The minimum Gasteiger partial charge on any atom is -0.354 e. The van der Waals surface area contributed by atoms with Crippen molar-refractivity contribution >= 4 is 23.3 Å². The molecule has 1 amide bonds. The van der Waals surface area contributed by atoms with Crippen LogP contribution in [0.1, 0.15) is 31.4 Å². The lowest BCUT2D eigenvalue weighted by Gasteiger charge is -2.36. The molecule has 0 N–H and O–H groups in total. The molecule has 5 nitrogen and oxygen atoms in total. The number of hydrogen-bond acceptors (Lipinski definition) is 4. The second-order valence-corrected chi connectivity index (χ2v) is 7.06. The lowest BCUT2D eigenvalue weighted by Crippen LogP contribution is -2.44. The average molecular weight is 377 g/mol. The Kier molecular flexibility index (Phi) is 5.71. The van der Waals surface area contributed by atoms with Crippen LogP contribution in [0.5, 0.6) is 0 Å². The molecule has 1 aliphatic heterocycles. The molecule has 0 radical (unpaired) electrons. The van der Waals surface area contributed by atoms with Crippen LogP contribution in [0.15, 0.2) is 36.4 Å². The predicted molar refractivity (Wildman–Crippen MR) is 99.6 cm³/mol. The highest BCUT2D eigenvalue weighted by molar-refractivity contribution is 6.29. The quantitative estimate of drug-likeness (QED) is 0.816. The van der Waals surface area contributed by atoms with Crippen molar-refractivity contribution in [3.8, 4) is 0 Å². The van der Waals surface area contributed by atoms with E-state index < -0.39 is 0 Å². The Bertz CT molecular complexity index is 753. The van der Waals surface area contributed by atoms with Gasteiger partial charge in [-0.15, -0.1) is 10.2 Å². The molecule has 7 heteroatoms. The zero-order chi connectivity index (χ0) is 18.7. The van der Waals surface area contributed by atoms with Crippen LogP contribution in [0.25, 0.3) is 0 Å². The van der Waals surface area contributed by atoms with Crippen molar-refractivity contribution < 1.29 is 9.18 Å². The van der Waals surface area contributed by atoms with Gasteiger partial charge in [-0.25, -0.2) is 4.39 Å². The van der Waals surface area contributed by atoms with Crippen LogP contribution in [-0.2, 0) is 4.79 Å². The summed E-state index contributed by atoms with van der Waals surface area (Å²) < 4.78 is 13.1. The third kappa shape index (κ3) is 4.12. The van der Waals surface area contributed by atoms with Gasteiger partial charge >= 0.3 is 0 Å². The number of benzene rings is 1. The topological polar surface area (TPSA) is 49.3 Å². The van der Waals surface area contributed by atoms with Gasteiger partial charge in [0.2, 0.25) is 5.91 Å². The number of amides is 1. The van der Waals surface area contributed by atoms with Crippen molar-refractivity contribution in [1.29, 1.82) is 0 Å². The van der Waals surface area contributed by atoms with Crippen molar-refractivity contribution in [2.75, 3.05) is 25.0 Å². The minimum atomic E-state index is -0.276. The number of rotatable bonds is 4. The number of piperidine rings is 1. The average Bonchev–Trinajstić information content (AvgIpc) is 2.67. The molecule has 0 aliphatic carbocycles. The Hall–Kier alpha value is -2.21. The smallest absolute Gasteiger partial charge is 0.227 e. The van der Waals surface area contributed by atoms with Crippen molar-refractivity contribution in [3.05, 3.63) is 52.9 Å². The number of carbonyl (C=O) groups is 1. The molecule has 2 atom stereocenters. The highest BCUT2D eigenvalue weighted by atomic mass is 35.5. The van der Waals surface area contributed by atoms with E-state index in [1.54, 1.807) is 30.1 Å². The number of halogens is 2. The summed E-state index contributed by atoms with van der Waals surface area (Å²) in [6, 6.07) is 9.71. The molecule has 138 valence electrons. The van der Waals surface area contributed by atoms with E-state index in [0.29, 0.717) is 11.7 Å². The number of nitrogens with zero attached hydrogens (tertiary/aromatic N) is 4. The molecule has 0 unspecified atom stereocenters. The molecule has 2 heterocycles. The van der Waals surface area contributed by atoms with Crippen LogP contribution >= 0.6 is 11.6 Å². The molecule has 0 bridgehead atoms. The molecular formula is C19H22ClFN4O. The van der Waals surface area contributed by atoms with Gasteiger partial charge in [0.25, 0.3) is 0 Å². The lowest BCUT2D eigenvalue weighted by molar-refractivity contribution is -0.136. The number of aromatic nitrogens is 2. The van der Waals surface area contributed by atoms with Crippen LogP contribution < -0.4 is 4.90 Å². The van der Waals surface area contributed by atoms with Crippen molar-refractivity contribution in [1.82, 2.24) is 15.1 Å². The third-order valence-corrected chi connectivity index (χ3v) is 5.20. The van der Waals surface area contributed by atoms with E-state index in [4.69, 9.17) is 11.6 Å². The molecule has 1 fully saturated rings. The van der Waals surface area contributed by atoms with Crippen molar-refractivity contribution in [2.45, 2.75) is 25.8 Å². The molecule has 1 aromatic heterocycles. The fourth-order valence-corrected chi connectivity index (χ4v) is 3.41. The number of anilines is 1. The molecule has 1 saturated heterocycles. The maximum Gasteiger partial charge on any atom is 0.227 e. The van der Waals surface area contributed by atoms with Crippen molar-refractivity contribution in [2.24, 2.45) is 5.92 Å². The normalized spacial score (nSPS) is 18.5. The number of carbonyl (C=O) groups excluding carboxylic acids is 1. The standard InChI is InChI=1S/C19H22ClFN4O/c1-13(14-5-7-16(21)8-6-14)24(2)19(26)15-4-3-11-25(12-15)18-10-9-17(20)22-23-18/h5-10,13,15H,3-4,11-12H2,1-2H3/t13-,15+/m1/s1. The second kappa shape index (κ2) is 7.99. The number of hydrogen-bond donors (Lipinski definition) is 0. The molecule has 1 aromatic carbocycles. The second-order valence-electron chi connectivity index (χ2n) is 6.68. The SMILES string of the molecule is C[C@H](c1ccc(F)cc1)N(C)C(=O)[C@H]1CCCN(c2ccc(Cl)nn2)C1. The molecule has 0 saturated carbocycles. The van der Waals surface area contributed by atoms with Gasteiger partial charge in [0.05, 0.1) is 12.0 Å². The fraction of sp³-hybridized carbons (Fsp3) is 0.421. The van der Waals surface area contributed by atoms with Gasteiger partial charge in [0, 0.05) is 20.1 Å². The van der Waals surface area contributed by atoms with Crippen LogP contribution in [0.4, 0.5) is 10.2 Å². The lowest BCUT2D eigenvalue weighted by atomic mass is 9.95. The minimum absolute atomic E-state index is 0.0912. The van der Waals surface area contributed by atoms with E-state index in [1.165, 1.54) is 12.1 Å². The Balaban J connectivity index is 1.68. The first-order valence-electron chi connectivity index (χ1n) is 8.72. The van der Waals surface area contributed by atoms with E-state index >= 15 is 0 Å². The highest BCUT2D eigenvalue weighted by Crippen LogP contribution is 2.26. The van der Waals surface area contributed by atoms with Gasteiger partial charge in [0.1, 0.15) is 5.82 Å². The van der Waals surface area contributed by atoms with E-state index in [2.05, 4.69) is 15.1 Å². The predicted octanol–water partition coefficient (Wildman–Crippen LogP) is 3.71. The summed E-state index contributed by atoms with van der Waals surface area (Å²) in [6.07, 6.45) is 1.76. The van der Waals surface area contributed by atoms with Crippen LogP contribution in [0.3, 0.4) is 0 Å². The monoisotopic (exact) mass is 376 g/mol. The molecule has 3 rings (SSSR count). The summed E-state index contributed by atoms with van der Waals surface area (Å²) in [5, 5.41) is 8.35. The summed E-state index contributed by atoms with van der Waals surface area (Å²) >= 11 is 5.80. The largest absolute Gasteiger partial charge is 0.354 e. The van der Waals surface area contributed by atoms with Gasteiger partial charge in [0.15, 0.2) is 11.0 Å². The zero-order valence-corrected chi connectivity index (χ0v) is 15.7. The van der Waals surface area contributed by atoms with Crippen molar-refractivity contribution in [3.63, 3.8) is 0 Å². The molecule has 0 spiro atoms. The maximum atomic E-state index is 13.1. The van der Waals surface area contributed by atoms with Crippen LogP contribution in [0, 0.1) is 11.7 Å². The molecule has 2 aromatic rings. The van der Waals surface area contributed by atoms with E-state index in [-0.39, 0.29) is 23.7 Å². The van der Waals surface area contributed by atoms with Crippen LogP contribution in [0.2, 0.25) is 5.15 Å². The maximum absolute atomic E-state index is 13.1. The van der Waals surface area contributed by atoms with Gasteiger partial charge in [-0.3, -0.25) is 4.79 Å². The first-order valence-corrected chi connectivity index (χ1v) is 9.10. The Morgan fingerprint density at radius 3 is 2.65 bits per heavy atom. The van der Waals surface area contributed by atoms with E-state index in [1.807, 2.05) is 13.0 Å². The summed E-state index contributed by atoms with van der Waals surface area (Å²) in [4.78, 5) is 16.8. The van der Waals surface area contributed by atoms with Gasteiger partial charge < -0.3 is 9.80 Å². The van der Waals surface area contributed by atoms with Gasteiger partial charge in [-0.2, -0.15) is 0 Å². The first kappa shape index (κ1) is 18.6. The van der Waals surface area contributed by atoms with E-state index in [9.17, 15) is 9.18 Å².